The number of nitrogens with zero attached hydrogens (tertiary/aromatic N) is 2. The minimum Gasteiger partial charge on any atom is -0.319 e. The highest BCUT2D eigenvalue weighted by Gasteiger charge is 2.19. The molecule has 1 aromatic heterocycles. The largest absolute Gasteiger partial charge is 0.319 e. The van der Waals surface area contributed by atoms with E-state index in [0.717, 1.165) is 17.8 Å². The number of halogens is 3. The third-order valence-corrected chi connectivity index (χ3v) is 4.10. The Morgan fingerprint density at radius 1 is 1.12 bits per heavy atom. The van der Waals surface area contributed by atoms with Crippen molar-refractivity contribution < 1.29 is 13.6 Å². The van der Waals surface area contributed by atoms with Crippen LogP contribution in [0.5, 0.6) is 0 Å². The standard InChI is InChI=1S/C18H14ClF2N3O/c1-10-17(11(2)24(23-10)12-6-4-3-5-7-12)22-18(25)13-8-15(20)16(21)9-14(13)19/h3-9H,1-2H3,(H,22,25). The molecule has 0 saturated carbocycles. The van der Waals surface area contributed by atoms with Crippen molar-refractivity contribution in [2.24, 2.45) is 0 Å². The minimum absolute atomic E-state index is 0.146. The van der Waals surface area contributed by atoms with Crippen LogP contribution < -0.4 is 5.32 Å². The first-order chi connectivity index (χ1) is 11.9. The first-order valence-electron chi connectivity index (χ1n) is 7.46. The van der Waals surface area contributed by atoms with Gasteiger partial charge in [0.15, 0.2) is 11.6 Å². The normalized spacial score (nSPS) is 10.8. The Bertz CT molecular complexity index is 955. The zero-order valence-corrected chi connectivity index (χ0v) is 14.2. The number of aryl methyl sites for hydroxylation is 1. The SMILES string of the molecule is Cc1nn(-c2ccccc2)c(C)c1NC(=O)c1cc(F)c(F)cc1Cl. The van der Waals surface area contributed by atoms with Gasteiger partial charge < -0.3 is 5.32 Å². The van der Waals surface area contributed by atoms with E-state index in [1.54, 1.807) is 18.5 Å². The lowest BCUT2D eigenvalue weighted by Crippen LogP contribution is -2.14. The molecule has 1 amide bonds. The molecule has 0 radical (unpaired) electrons. The van der Waals surface area contributed by atoms with Crippen LogP contribution in [0.2, 0.25) is 5.02 Å². The number of benzene rings is 2. The van der Waals surface area contributed by atoms with Gasteiger partial charge in [-0.25, -0.2) is 13.5 Å². The second kappa shape index (κ2) is 6.64. The second-order valence-electron chi connectivity index (χ2n) is 5.49. The summed E-state index contributed by atoms with van der Waals surface area (Å²) in [6.07, 6.45) is 0. The molecule has 0 aliphatic heterocycles. The Kier molecular flexibility index (Phi) is 4.55. The van der Waals surface area contributed by atoms with Crippen LogP contribution in [0.25, 0.3) is 5.69 Å². The van der Waals surface area contributed by atoms with E-state index >= 15 is 0 Å². The number of aromatic nitrogens is 2. The van der Waals surface area contributed by atoms with E-state index in [4.69, 9.17) is 11.6 Å². The van der Waals surface area contributed by atoms with Crippen LogP contribution in [0.1, 0.15) is 21.7 Å². The van der Waals surface area contributed by atoms with Crippen LogP contribution in [0.4, 0.5) is 14.5 Å². The molecule has 7 heteroatoms. The van der Waals surface area contributed by atoms with E-state index in [2.05, 4.69) is 10.4 Å². The Morgan fingerprint density at radius 2 is 1.76 bits per heavy atom. The molecule has 0 aliphatic carbocycles. The molecule has 25 heavy (non-hydrogen) atoms. The Morgan fingerprint density at radius 3 is 2.44 bits per heavy atom. The van der Waals surface area contributed by atoms with Crippen LogP contribution in [-0.2, 0) is 0 Å². The van der Waals surface area contributed by atoms with Crippen molar-refractivity contribution in [3.63, 3.8) is 0 Å². The molecule has 0 aliphatic rings. The molecule has 2 aromatic carbocycles. The lowest BCUT2D eigenvalue weighted by Gasteiger charge is -2.08. The van der Waals surface area contributed by atoms with Crippen molar-refractivity contribution in [3.8, 4) is 5.69 Å². The fourth-order valence-corrected chi connectivity index (χ4v) is 2.76. The van der Waals surface area contributed by atoms with Crippen LogP contribution in [-0.4, -0.2) is 15.7 Å². The minimum atomic E-state index is -1.14. The lowest BCUT2D eigenvalue weighted by atomic mass is 10.2. The van der Waals surface area contributed by atoms with Crippen LogP contribution in [0.15, 0.2) is 42.5 Å². The van der Waals surface area contributed by atoms with Gasteiger partial charge >= 0.3 is 0 Å². The summed E-state index contributed by atoms with van der Waals surface area (Å²) in [6.45, 7) is 3.55. The summed E-state index contributed by atoms with van der Waals surface area (Å²) in [5.74, 6) is -2.88. The Hall–Kier alpha value is -2.73. The maximum absolute atomic E-state index is 13.4. The summed E-state index contributed by atoms with van der Waals surface area (Å²) in [4.78, 5) is 12.4. The van der Waals surface area contributed by atoms with Gasteiger partial charge in [0, 0.05) is 0 Å². The summed E-state index contributed by atoms with van der Waals surface area (Å²) >= 11 is 5.85. The van der Waals surface area contributed by atoms with Gasteiger partial charge in [0.1, 0.15) is 0 Å². The van der Waals surface area contributed by atoms with Gasteiger partial charge in [-0.05, 0) is 38.1 Å². The molecule has 0 spiro atoms. The smallest absolute Gasteiger partial charge is 0.257 e. The molecule has 0 fully saturated rings. The van der Waals surface area contributed by atoms with Crippen molar-refractivity contribution in [1.29, 1.82) is 0 Å². The Balaban J connectivity index is 1.95. The summed E-state index contributed by atoms with van der Waals surface area (Å²) < 4.78 is 28.3. The topological polar surface area (TPSA) is 46.9 Å². The highest BCUT2D eigenvalue weighted by molar-refractivity contribution is 6.34. The molecular formula is C18H14ClF2N3O. The molecule has 0 unspecified atom stereocenters. The Labute approximate surface area is 148 Å². The van der Waals surface area contributed by atoms with E-state index in [-0.39, 0.29) is 10.6 Å². The quantitative estimate of drug-likeness (QED) is 0.689. The lowest BCUT2D eigenvalue weighted by molar-refractivity contribution is 0.102. The molecule has 0 bridgehead atoms. The van der Waals surface area contributed by atoms with Gasteiger partial charge in [0.05, 0.1) is 33.3 Å². The molecule has 128 valence electrons. The predicted octanol–water partition coefficient (Wildman–Crippen LogP) is 4.67. The van der Waals surface area contributed by atoms with Gasteiger partial charge in [0.25, 0.3) is 5.91 Å². The van der Waals surface area contributed by atoms with Gasteiger partial charge in [0.2, 0.25) is 0 Å². The number of carbonyl (C=O) groups is 1. The van der Waals surface area contributed by atoms with Crippen LogP contribution >= 0.6 is 11.6 Å². The molecule has 1 N–H and O–H groups in total. The van der Waals surface area contributed by atoms with Gasteiger partial charge in [-0.15, -0.1) is 0 Å². The highest BCUT2D eigenvalue weighted by atomic mass is 35.5. The highest BCUT2D eigenvalue weighted by Crippen LogP contribution is 2.25. The fourth-order valence-electron chi connectivity index (χ4n) is 2.52. The van der Waals surface area contributed by atoms with E-state index in [9.17, 15) is 13.6 Å². The summed E-state index contributed by atoms with van der Waals surface area (Å²) in [6, 6.07) is 11.0. The van der Waals surface area contributed by atoms with E-state index in [0.29, 0.717) is 17.1 Å². The number of hydrogen-bond acceptors (Lipinski definition) is 2. The van der Waals surface area contributed by atoms with Gasteiger partial charge in [-0.2, -0.15) is 5.10 Å². The number of amides is 1. The third-order valence-electron chi connectivity index (χ3n) is 3.79. The number of anilines is 1. The van der Waals surface area contributed by atoms with Gasteiger partial charge in [-0.3, -0.25) is 4.79 Å². The first-order valence-corrected chi connectivity index (χ1v) is 7.84. The molecule has 3 rings (SSSR count). The van der Waals surface area contributed by atoms with Crippen LogP contribution in [0.3, 0.4) is 0 Å². The summed E-state index contributed by atoms with van der Waals surface area (Å²) in [5.41, 5.74) is 2.49. The van der Waals surface area contributed by atoms with Crippen LogP contribution in [0, 0.1) is 25.5 Å². The summed E-state index contributed by atoms with van der Waals surface area (Å²) in [7, 11) is 0. The zero-order chi connectivity index (χ0) is 18.1. The van der Waals surface area contributed by atoms with Gasteiger partial charge in [-0.1, -0.05) is 29.8 Å². The zero-order valence-electron chi connectivity index (χ0n) is 13.5. The number of nitrogens with one attached hydrogen (secondary N) is 1. The average Bonchev–Trinajstić information content (AvgIpc) is 2.87. The molecule has 4 nitrogen and oxygen atoms in total. The fraction of sp³-hybridized carbons (Fsp3) is 0.111. The monoisotopic (exact) mass is 361 g/mol. The maximum atomic E-state index is 13.4. The number of carbonyl (C=O) groups excluding carboxylic acids is 1. The molecular weight excluding hydrogens is 348 g/mol. The third kappa shape index (κ3) is 3.25. The molecule has 0 atom stereocenters. The van der Waals surface area contributed by atoms with Crippen molar-refractivity contribution in [2.75, 3.05) is 5.32 Å². The molecule has 1 heterocycles. The maximum Gasteiger partial charge on any atom is 0.257 e. The van der Waals surface area contributed by atoms with Crippen molar-refractivity contribution in [2.45, 2.75) is 13.8 Å². The van der Waals surface area contributed by atoms with Crippen molar-refractivity contribution in [3.05, 3.63) is 76.1 Å². The van der Waals surface area contributed by atoms with Crippen molar-refractivity contribution in [1.82, 2.24) is 9.78 Å². The van der Waals surface area contributed by atoms with E-state index < -0.39 is 17.5 Å². The second-order valence-corrected chi connectivity index (χ2v) is 5.90. The average molecular weight is 362 g/mol. The number of para-hydroxylation sites is 1. The number of hydrogen-bond donors (Lipinski definition) is 1. The molecule has 0 saturated heterocycles. The molecule has 3 aromatic rings. The van der Waals surface area contributed by atoms with Crippen molar-refractivity contribution >= 4 is 23.2 Å². The van der Waals surface area contributed by atoms with E-state index in [1.165, 1.54) is 0 Å². The summed E-state index contributed by atoms with van der Waals surface area (Å²) in [5, 5.41) is 6.93. The predicted molar refractivity (Wildman–Crippen MR) is 92.4 cm³/mol. The number of rotatable bonds is 3. The first kappa shape index (κ1) is 17.1. The van der Waals surface area contributed by atoms with E-state index in [1.807, 2.05) is 30.3 Å².